The molecule has 0 aliphatic carbocycles. The van der Waals surface area contributed by atoms with E-state index in [4.69, 9.17) is 21.8 Å². The van der Waals surface area contributed by atoms with Crippen molar-refractivity contribution in [1.82, 2.24) is 20.2 Å². The normalized spacial score (nSPS) is 11.7. The van der Waals surface area contributed by atoms with Crippen LogP contribution in [0.3, 0.4) is 0 Å². The lowest BCUT2D eigenvalue weighted by Crippen LogP contribution is -2.10. The fourth-order valence-electron chi connectivity index (χ4n) is 1.83. The van der Waals surface area contributed by atoms with Crippen molar-refractivity contribution < 1.29 is 17.6 Å². The summed E-state index contributed by atoms with van der Waals surface area (Å²) in [5, 5.41) is 8.02. The van der Waals surface area contributed by atoms with E-state index in [1.807, 2.05) is 0 Å². The molecule has 0 fully saturated rings. The molecule has 0 saturated heterocycles. The minimum absolute atomic E-state index is 0.0816. The molecule has 0 unspecified atom stereocenters. The highest BCUT2D eigenvalue weighted by Gasteiger charge is 2.33. The van der Waals surface area contributed by atoms with E-state index in [9.17, 15) is 13.2 Å². The molecule has 0 radical (unpaired) electrons. The van der Waals surface area contributed by atoms with Crippen LogP contribution in [0.25, 0.3) is 11.5 Å². The summed E-state index contributed by atoms with van der Waals surface area (Å²) in [6.45, 7) is 0. The van der Waals surface area contributed by atoms with Gasteiger partial charge < -0.3 is 10.2 Å². The van der Waals surface area contributed by atoms with Crippen LogP contribution in [0.4, 0.5) is 19.0 Å². The molecule has 6 nitrogen and oxygen atoms in total. The van der Waals surface area contributed by atoms with Crippen molar-refractivity contribution in [1.29, 1.82) is 0 Å². The Labute approximate surface area is 148 Å². The van der Waals surface area contributed by atoms with Crippen LogP contribution >= 0.6 is 23.4 Å². The van der Waals surface area contributed by atoms with E-state index in [1.165, 1.54) is 0 Å². The predicted octanol–water partition coefficient (Wildman–Crippen LogP) is 4.07. The molecule has 2 heterocycles. The number of nitrogen functional groups attached to an aromatic ring is 1. The number of aromatic nitrogens is 4. The maximum Gasteiger partial charge on any atom is 0.433 e. The van der Waals surface area contributed by atoms with Crippen LogP contribution in [0.1, 0.15) is 11.6 Å². The maximum atomic E-state index is 12.7. The Balaban J connectivity index is 1.75. The molecule has 0 atom stereocenters. The van der Waals surface area contributed by atoms with Gasteiger partial charge in [0.15, 0.2) is 10.9 Å². The van der Waals surface area contributed by atoms with Gasteiger partial charge >= 0.3 is 6.18 Å². The molecule has 3 aromatic rings. The van der Waals surface area contributed by atoms with Crippen LogP contribution < -0.4 is 5.73 Å². The summed E-state index contributed by atoms with van der Waals surface area (Å²) in [7, 11) is 0. The number of thioether (sulfide) groups is 1. The van der Waals surface area contributed by atoms with Gasteiger partial charge in [-0.1, -0.05) is 35.5 Å². The largest absolute Gasteiger partial charge is 0.433 e. The van der Waals surface area contributed by atoms with Crippen molar-refractivity contribution in [2.75, 3.05) is 5.73 Å². The SMILES string of the molecule is Nc1cc(C(F)(F)F)nc(SCc2nnc(-c3ccccc3Cl)o2)n1. The zero-order valence-corrected chi connectivity index (χ0v) is 13.9. The van der Waals surface area contributed by atoms with Crippen LogP contribution in [0, 0.1) is 0 Å². The Morgan fingerprint density at radius 1 is 1.16 bits per heavy atom. The average Bonchev–Trinajstić information content (AvgIpc) is 3.01. The summed E-state index contributed by atoms with van der Waals surface area (Å²) in [6.07, 6.45) is -4.60. The predicted molar refractivity (Wildman–Crippen MR) is 85.8 cm³/mol. The molecule has 0 amide bonds. The van der Waals surface area contributed by atoms with Crippen LogP contribution in [0.5, 0.6) is 0 Å². The molecular weight excluding hydrogens is 379 g/mol. The fraction of sp³-hybridized carbons (Fsp3) is 0.143. The highest BCUT2D eigenvalue weighted by atomic mass is 35.5. The molecule has 11 heteroatoms. The molecule has 25 heavy (non-hydrogen) atoms. The van der Waals surface area contributed by atoms with E-state index < -0.39 is 11.9 Å². The number of anilines is 1. The van der Waals surface area contributed by atoms with E-state index in [0.717, 1.165) is 11.8 Å². The first-order chi connectivity index (χ1) is 11.8. The minimum atomic E-state index is -4.60. The van der Waals surface area contributed by atoms with Gasteiger partial charge in [-0.2, -0.15) is 13.2 Å². The van der Waals surface area contributed by atoms with E-state index in [0.29, 0.717) is 16.7 Å². The summed E-state index contributed by atoms with van der Waals surface area (Å²) in [5.41, 5.74) is 4.85. The van der Waals surface area contributed by atoms with Crippen LogP contribution in [0.2, 0.25) is 5.02 Å². The van der Waals surface area contributed by atoms with Crippen molar-refractivity contribution in [2.24, 2.45) is 0 Å². The standard InChI is InChI=1S/C14H9ClF3N5OS/c15-8-4-2-1-3-7(8)12-23-22-11(24-12)6-25-13-20-9(14(16,17)18)5-10(19)21-13/h1-5H,6H2,(H2,19,20,21). The van der Waals surface area contributed by atoms with Gasteiger partial charge in [0, 0.05) is 6.07 Å². The van der Waals surface area contributed by atoms with Gasteiger partial charge in [-0.15, -0.1) is 10.2 Å². The van der Waals surface area contributed by atoms with Crippen LogP contribution in [0.15, 0.2) is 39.9 Å². The molecule has 2 aromatic heterocycles. The number of halogens is 4. The molecule has 3 rings (SSSR count). The number of nitrogens with zero attached hydrogens (tertiary/aromatic N) is 4. The van der Waals surface area contributed by atoms with Crippen molar-refractivity contribution >= 4 is 29.2 Å². The molecule has 0 aliphatic heterocycles. The van der Waals surface area contributed by atoms with Gasteiger partial charge in [0.1, 0.15) is 5.82 Å². The number of alkyl halides is 3. The summed E-state index contributed by atoms with van der Waals surface area (Å²) in [6, 6.07) is 7.58. The second-order valence-corrected chi connectivity index (χ2v) is 6.08. The minimum Gasteiger partial charge on any atom is -0.420 e. The zero-order chi connectivity index (χ0) is 18.0. The van der Waals surface area contributed by atoms with Crippen molar-refractivity contribution in [2.45, 2.75) is 17.1 Å². The molecule has 1 aromatic carbocycles. The van der Waals surface area contributed by atoms with Gasteiger partial charge in [-0.05, 0) is 12.1 Å². The Kier molecular flexibility index (Phi) is 4.82. The summed E-state index contributed by atoms with van der Waals surface area (Å²) in [4.78, 5) is 7.20. The van der Waals surface area contributed by atoms with Crippen LogP contribution in [-0.2, 0) is 11.9 Å². The molecule has 0 spiro atoms. The number of benzene rings is 1. The summed E-state index contributed by atoms with van der Waals surface area (Å²) < 4.78 is 43.7. The number of hydrogen-bond donors (Lipinski definition) is 1. The average molecular weight is 388 g/mol. The van der Waals surface area contributed by atoms with E-state index in [1.54, 1.807) is 24.3 Å². The Hall–Kier alpha value is -2.33. The van der Waals surface area contributed by atoms with Gasteiger partial charge in [-0.3, -0.25) is 0 Å². The first-order valence-electron chi connectivity index (χ1n) is 6.75. The van der Waals surface area contributed by atoms with Crippen molar-refractivity contribution in [3.05, 3.63) is 46.9 Å². The molecule has 0 saturated carbocycles. The third-order valence-electron chi connectivity index (χ3n) is 2.91. The van der Waals surface area contributed by atoms with E-state index in [-0.39, 0.29) is 28.5 Å². The monoisotopic (exact) mass is 387 g/mol. The third kappa shape index (κ3) is 4.20. The Morgan fingerprint density at radius 3 is 2.64 bits per heavy atom. The quantitative estimate of drug-likeness (QED) is 0.533. The number of rotatable bonds is 4. The first-order valence-corrected chi connectivity index (χ1v) is 8.11. The zero-order valence-electron chi connectivity index (χ0n) is 12.3. The second-order valence-electron chi connectivity index (χ2n) is 4.73. The summed E-state index contributed by atoms with van der Waals surface area (Å²) >= 11 is 6.94. The number of nitrogens with two attached hydrogens (primary N) is 1. The van der Waals surface area contributed by atoms with Crippen LogP contribution in [-0.4, -0.2) is 20.2 Å². The first kappa shape index (κ1) is 17.5. The van der Waals surface area contributed by atoms with E-state index >= 15 is 0 Å². The van der Waals surface area contributed by atoms with Gasteiger partial charge in [0.05, 0.1) is 16.3 Å². The number of hydrogen-bond acceptors (Lipinski definition) is 7. The lowest BCUT2D eigenvalue weighted by Gasteiger charge is -2.07. The molecule has 2 N–H and O–H groups in total. The van der Waals surface area contributed by atoms with Gasteiger partial charge in [0.25, 0.3) is 0 Å². The summed E-state index contributed by atoms with van der Waals surface area (Å²) in [5.74, 6) is 0.218. The van der Waals surface area contributed by atoms with Crippen molar-refractivity contribution in [3.8, 4) is 11.5 Å². The molecule has 0 bridgehead atoms. The van der Waals surface area contributed by atoms with Gasteiger partial charge in [0.2, 0.25) is 11.8 Å². The topological polar surface area (TPSA) is 90.7 Å². The lowest BCUT2D eigenvalue weighted by molar-refractivity contribution is -0.141. The molecule has 0 aliphatic rings. The smallest absolute Gasteiger partial charge is 0.420 e. The highest BCUT2D eigenvalue weighted by molar-refractivity contribution is 7.98. The van der Waals surface area contributed by atoms with Crippen molar-refractivity contribution in [3.63, 3.8) is 0 Å². The molecular formula is C14H9ClF3N5OS. The lowest BCUT2D eigenvalue weighted by atomic mass is 10.2. The van der Waals surface area contributed by atoms with E-state index in [2.05, 4.69) is 20.2 Å². The fourth-order valence-corrected chi connectivity index (χ4v) is 2.75. The second kappa shape index (κ2) is 6.89. The maximum absolute atomic E-state index is 12.7. The Bertz CT molecular complexity index is 902. The highest BCUT2D eigenvalue weighted by Crippen LogP contribution is 2.31. The Morgan fingerprint density at radius 2 is 1.92 bits per heavy atom. The van der Waals surface area contributed by atoms with Gasteiger partial charge in [-0.25, -0.2) is 9.97 Å². The third-order valence-corrected chi connectivity index (χ3v) is 4.07. The molecule has 130 valence electrons.